The highest BCUT2D eigenvalue weighted by molar-refractivity contribution is 9.10. The Morgan fingerprint density at radius 2 is 1.92 bits per heavy atom. The maximum Gasteiger partial charge on any atom is 0.276 e. The summed E-state index contributed by atoms with van der Waals surface area (Å²) in [6, 6.07) is 10.2. The van der Waals surface area contributed by atoms with Crippen LogP contribution < -0.4 is 10.1 Å². The zero-order chi connectivity index (χ0) is 17.8. The summed E-state index contributed by atoms with van der Waals surface area (Å²) >= 11 is 4.77. The van der Waals surface area contributed by atoms with E-state index in [1.807, 2.05) is 12.1 Å². The molecule has 4 rings (SSSR count). The number of pyridine rings is 1. The molecule has 0 unspecified atom stereocenters. The van der Waals surface area contributed by atoms with Crippen LogP contribution in [0.25, 0.3) is 22.2 Å². The fraction of sp³-hybridized carbons (Fsp3) is 0.211. The lowest BCUT2D eigenvalue weighted by molar-refractivity contribution is 0.590. The van der Waals surface area contributed by atoms with Crippen molar-refractivity contribution in [1.29, 1.82) is 0 Å². The number of aromatic nitrogens is 3. The zero-order valence-corrected chi connectivity index (χ0v) is 16.5. The summed E-state index contributed by atoms with van der Waals surface area (Å²) in [4.78, 5) is 22.3. The first-order valence-corrected chi connectivity index (χ1v) is 9.53. The summed E-state index contributed by atoms with van der Waals surface area (Å²) in [5, 5.41) is 0. The number of benzene rings is 1. The normalized spacial score (nSPS) is 13.2. The molecule has 0 atom stereocenters. The summed E-state index contributed by atoms with van der Waals surface area (Å²) in [5.74, 6) is 0. The molecule has 6 heteroatoms. The lowest BCUT2D eigenvalue weighted by Gasteiger charge is -2.18. The number of thiazole rings is 1. The van der Waals surface area contributed by atoms with Crippen LogP contribution in [0.2, 0.25) is 0 Å². The van der Waals surface area contributed by atoms with Crippen molar-refractivity contribution in [3.63, 3.8) is 0 Å². The third kappa shape index (κ3) is 2.89. The van der Waals surface area contributed by atoms with Gasteiger partial charge in [0.05, 0.1) is 4.53 Å². The Morgan fingerprint density at radius 3 is 2.60 bits per heavy atom. The van der Waals surface area contributed by atoms with Gasteiger partial charge < -0.3 is 0 Å². The Balaban J connectivity index is 1.85. The third-order valence-electron chi connectivity index (χ3n) is 4.12. The maximum absolute atomic E-state index is 12.8. The molecule has 3 heterocycles. The van der Waals surface area contributed by atoms with Crippen LogP contribution in [0.5, 0.6) is 0 Å². The standard InChI is InChI=1S/C19H16BrN3OS/c1-19(2,3)12-6-4-11(5-7-12)8-15-17(24)23-16-14(22-18(23)25-15)9-13(20)10-21-16/h4-10H,1-3H3. The zero-order valence-electron chi connectivity index (χ0n) is 14.1. The lowest BCUT2D eigenvalue weighted by atomic mass is 9.87. The average molecular weight is 414 g/mol. The topological polar surface area (TPSA) is 47.3 Å². The SMILES string of the molecule is CC(C)(C)c1ccc(C=c2sc3nc4cc(Br)cnc4n3c2=O)cc1. The van der Waals surface area contributed by atoms with Crippen molar-refractivity contribution in [2.45, 2.75) is 26.2 Å². The summed E-state index contributed by atoms with van der Waals surface area (Å²) in [5.41, 5.74) is 3.65. The average Bonchev–Trinajstić information content (AvgIpc) is 3.03. The molecule has 0 bridgehead atoms. The summed E-state index contributed by atoms with van der Waals surface area (Å²) in [7, 11) is 0. The molecule has 0 fully saturated rings. The Morgan fingerprint density at radius 1 is 1.20 bits per heavy atom. The van der Waals surface area contributed by atoms with Gasteiger partial charge in [0.25, 0.3) is 5.56 Å². The molecular weight excluding hydrogens is 398 g/mol. The molecule has 0 saturated heterocycles. The first kappa shape index (κ1) is 16.4. The quantitative estimate of drug-likeness (QED) is 0.475. The van der Waals surface area contributed by atoms with Gasteiger partial charge in [0.2, 0.25) is 0 Å². The van der Waals surface area contributed by atoms with E-state index in [0.717, 1.165) is 15.6 Å². The van der Waals surface area contributed by atoms with Crippen molar-refractivity contribution < 1.29 is 0 Å². The molecule has 0 saturated carbocycles. The predicted octanol–water partition coefficient (Wildman–Crippen LogP) is 3.91. The first-order valence-electron chi connectivity index (χ1n) is 7.92. The molecule has 0 aliphatic heterocycles. The molecule has 0 amide bonds. The van der Waals surface area contributed by atoms with Crippen LogP contribution in [0.15, 0.2) is 45.8 Å². The molecule has 3 aromatic heterocycles. The van der Waals surface area contributed by atoms with E-state index >= 15 is 0 Å². The molecule has 1 aromatic carbocycles. The van der Waals surface area contributed by atoms with Gasteiger partial charge in [-0.25, -0.2) is 14.4 Å². The van der Waals surface area contributed by atoms with E-state index in [1.165, 1.54) is 16.9 Å². The second-order valence-corrected chi connectivity index (χ2v) is 8.94. The fourth-order valence-electron chi connectivity index (χ4n) is 2.75. The summed E-state index contributed by atoms with van der Waals surface area (Å²) < 4.78 is 3.10. The largest absolute Gasteiger partial charge is 0.276 e. The van der Waals surface area contributed by atoms with Crippen molar-refractivity contribution in [3.8, 4) is 0 Å². The number of hydrogen-bond acceptors (Lipinski definition) is 4. The van der Waals surface area contributed by atoms with Gasteiger partial charge in [0.15, 0.2) is 10.6 Å². The Hall–Kier alpha value is -2.05. The molecule has 4 aromatic rings. The van der Waals surface area contributed by atoms with Crippen LogP contribution in [-0.4, -0.2) is 14.4 Å². The number of halogens is 1. The van der Waals surface area contributed by atoms with Crippen LogP contribution in [0.4, 0.5) is 0 Å². The van der Waals surface area contributed by atoms with Gasteiger partial charge in [-0.2, -0.15) is 0 Å². The van der Waals surface area contributed by atoms with Gasteiger partial charge in [-0.3, -0.25) is 4.79 Å². The number of imidazole rings is 1. The number of nitrogens with zero attached hydrogens (tertiary/aromatic N) is 3. The van der Waals surface area contributed by atoms with Crippen LogP contribution in [0.3, 0.4) is 0 Å². The monoisotopic (exact) mass is 413 g/mol. The van der Waals surface area contributed by atoms with Crippen molar-refractivity contribution >= 4 is 49.5 Å². The third-order valence-corrected chi connectivity index (χ3v) is 5.53. The molecule has 0 aliphatic carbocycles. The van der Waals surface area contributed by atoms with E-state index in [2.05, 4.69) is 70.9 Å². The minimum absolute atomic E-state index is 0.0720. The highest BCUT2D eigenvalue weighted by atomic mass is 79.9. The Bertz CT molecular complexity index is 1200. The molecular formula is C19H16BrN3OS. The maximum atomic E-state index is 12.8. The van der Waals surface area contributed by atoms with Crippen LogP contribution in [0, 0.1) is 0 Å². The van der Waals surface area contributed by atoms with Gasteiger partial charge in [-0.05, 0) is 44.6 Å². The van der Waals surface area contributed by atoms with Crippen LogP contribution >= 0.6 is 27.3 Å². The first-order chi connectivity index (χ1) is 11.8. The summed E-state index contributed by atoms with van der Waals surface area (Å²) in [6.45, 7) is 6.56. The number of rotatable bonds is 1. The molecule has 4 nitrogen and oxygen atoms in total. The second kappa shape index (κ2) is 5.75. The minimum atomic E-state index is -0.0720. The van der Waals surface area contributed by atoms with Crippen molar-refractivity contribution in [1.82, 2.24) is 14.4 Å². The smallest absolute Gasteiger partial charge is 0.267 e. The highest BCUT2D eigenvalue weighted by Gasteiger charge is 2.14. The Labute approximate surface area is 157 Å². The Kier molecular flexibility index (Phi) is 3.77. The van der Waals surface area contributed by atoms with Crippen LogP contribution in [0.1, 0.15) is 31.9 Å². The van der Waals surface area contributed by atoms with E-state index in [1.54, 1.807) is 10.6 Å². The molecule has 126 valence electrons. The highest BCUT2D eigenvalue weighted by Crippen LogP contribution is 2.22. The van der Waals surface area contributed by atoms with Crippen LogP contribution in [-0.2, 0) is 5.41 Å². The van der Waals surface area contributed by atoms with Gasteiger partial charge in [-0.15, -0.1) is 0 Å². The van der Waals surface area contributed by atoms with E-state index < -0.39 is 0 Å². The predicted molar refractivity (Wildman–Crippen MR) is 106 cm³/mol. The van der Waals surface area contributed by atoms with E-state index in [0.29, 0.717) is 15.1 Å². The fourth-order valence-corrected chi connectivity index (χ4v) is 4.04. The molecule has 25 heavy (non-hydrogen) atoms. The van der Waals surface area contributed by atoms with E-state index in [9.17, 15) is 4.79 Å². The molecule has 0 radical (unpaired) electrons. The second-order valence-electron chi connectivity index (χ2n) is 7.01. The van der Waals surface area contributed by atoms with E-state index in [4.69, 9.17) is 0 Å². The molecule has 0 N–H and O–H groups in total. The van der Waals surface area contributed by atoms with Gasteiger partial charge in [0.1, 0.15) is 5.52 Å². The van der Waals surface area contributed by atoms with Gasteiger partial charge in [0, 0.05) is 10.7 Å². The van der Waals surface area contributed by atoms with Gasteiger partial charge >= 0.3 is 0 Å². The number of fused-ring (bicyclic) bond motifs is 3. The van der Waals surface area contributed by atoms with Crippen molar-refractivity contribution in [2.75, 3.05) is 0 Å². The molecule has 0 spiro atoms. The van der Waals surface area contributed by atoms with Gasteiger partial charge in [-0.1, -0.05) is 56.4 Å². The number of hydrogen-bond donors (Lipinski definition) is 0. The minimum Gasteiger partial charge on any atom is -0.267 e. The van der Waals surface area contributed by atoms with Crippen molar-refractivity contribution in [2.24, 2.45) is 0 Å². The lowest BCUT2D eigenvalue weighted by Crippen LogP contribution is -2.23. The summed E-state index contributed by atoms with van der Waals surface area (Å²) in [6.07, 6.45) is 3.60. The van der Waals surface area contributed by atoms with E-state index in [-0.39, 0.29) is 11.0 Å². The van der Waals surface area contributed by atoms with Crippen molar-refractivity contribution in [3.05, 3.63) is 67.0 Å². The molecule has 0 aliphatic rings.